The average molecular weight is 311 g/mol. The minimum Gasteiger partial charge on any atom is -0.380 e. The molecule has 0 saturated heterocycles. The lowest BCUT2D eigenvalue weighted by Gasteiger charge is -2.25. The van der Waals surface area contributed by atoms with E-state index in [0.29, 0.717) is 10.6 Å². The van der Waals surface area contributed by atoms with Crippen molar-refractivity contribution < 1.29 is 8.42 Å². The van der Waals surface area contributed by atoms with Gasteiger partial charge in [-0.15, -0.1) is 0 Å². The maximum atomic E-state index is 12.4. The van der Waals surface area contributed by atoms with Crippen LogP contribution in [0.1, 0.15) is 32.1 Å². The molecule has 0 spiro atoms. The summed E-state index contributed by atoms with van der Waals surface area (Å²) in [6, 6.07) is 7.25. The molecule has 1 aliphatic carbocycles. The van der Waals surface area contributed by atoms with Crippen LogP contribution in [0.5, 0.6) is 0 Å². The molecule has 0 heterocycles. The van der Waals surface area contributed by atoms with E-state index in [4.69, 9.17) is 5.73 Å². The van der Waals surface area contributed by atoms with Crippen LogP contribution in [0.15, 0.2) is 29.2 Å². The fourth-order valence-corrected chi connectivity index (χ4v) is 3.77. The van der Waals surface area contributed by atoms with Crippen LogP contribution in [0.25, 0.3) is 0 Å². The second-order valence-corrected chi connectivity index (χ2v) is 7.96. The van der Waals surface area contributed by atoms with Crippen LogP contribution in [0, 0.1) is 0 Å². The van der Waals surface area contributed by atoms with Gasteiger partial charge >= 0.3 is 0 Å². The highest BCUT2D eigenvalue weighted by atomic mass is 32.2. The third-order valence-electron chi connectivity index (χ3n) is 4.06. The van der Waals surface area contributed by atoms with E-state index in [1.54, 1.807) is 26.2 Å². The van der Waals surface area contributed by atoms with Gasteiger partial charge in [-0.05, 0) is 25.0 Å². The third-order valence-corrected chi connectivity index (χ3v) is 5.93. The van der Waals surface area contributed by atoms with Gasteiger partial charge in [0.1, 0.15) is 4.90 Å². The Morgan fingerprint density at radius 2 is 1.81 bits per heavy atom. The number of benzene rings is 1. The van der Waals surface area contributed by atoms with E-state index in [0.717, 1.165) is 25.7 Å². The number of nitrogens with two attached hydrogens (primary N) is 1. The minimum atomic E-state index is -3.45. The van der Waals surface area contributed by atoms with E-state index in [1.165, 1.54) is 10.7 Å². The number of hydrogen-bond donors (Lipinski definition) is 2. The maximum absolute atomic E-state index is 12.4. The second kappa shape index (κ2) is 6.77. The van der Waals surface area contributed by atoms with Crippen LogP contribution in [0.2, 0.25) is 0 Å². The van der Waals surface area contributed by atoms with Crippen molar-refractivity contribution in [2.24, 2.45) is 5.73 Å². The van der Waals surface area contributed by atoms with E-state index in [1.807, 2.05) is 12.1 Å². The molecule has 0 amide bonds. The van der Waals surface area contributed by atoms with Crippen molar-refractivity contribution in [2.45, 2.75) is 49.1 Å². The number of hydrogen-bond acceptors (Lipinski definition) is 4. The molecule has 1 aromatic rings. The second-order valence-electron chi connectivity index (χ2n) is 5.84. The topological polar surface area (TPSA) is 75.4 Å². The molecular formula is C15H25N3O2S. The predicted octanol–water partition coefficient (Wildman–Crippen LogP) is 2.01. The van der Waals surface area contributed by atoms with Gasteiger partial charge < -0.3 is 11.1 Å². The predicted molar refractivity (Wildman–Crippen MR) is 85.8 cm³/mol. The fourth-order valence-electron chi connectivity index (χ4n) is 2.72. The van der Waals surface area contributed by atoms with Crippen molar-refractivity contribution in [1.29, 1.82) is 0 Å². The first kappa shape index (κ1) is 16.3. The molecule has 3 N–H and O–H groups in total. The zero-order valence-corrected chi connectivity index (χ0v) is 13.6. The number of nitrogens with zero attached hydrogens (tertiary/aromatic N) is 1. The Balaban J connectivity index is 2.28. The molecule has 2 unspecified atom stereocenters. The SMILES string of the molecule is CN(C)S(=O)(=O)c1ccccc1NC1CCCCCC1N. The highest BCUT2D eigenvalue weighted by Crippen LogP contribution is 2.26. The fraction of sp³-hybridized carbons (Fsp3) is 0.600. The molecule has 1 fully saturated rings. The van der Waals surface area contributed by atoms with Crippen LogP contribution < -0.4 is 11.1 Å². The molecule has 2 rings (SSSR count). The normalized spacial score (nSPS) is 23.8. The van der Waals surface area contributed by atoms with Gasteiger partial charge in [0.25, 0.3) is 0 Å². The molecule has 6 heteroatoms. The summed E-state index contributed by atoms with van der Waals surface area (Å²) in [7, 11) is -0.365. The molecule has 0 bridgehead atoms. The summed E-state index contributed by atoms with van der Waals surface area (Å²) in [6.07, 6.45) is 5.45. The molecule has 2 atom stereocenters. The van der Waals surface area contributed by atoms with Crippen molar-refractivity contribution in [3.63, 3.8) is 0 Å². The van der Waals surface area contributed by atoms with Gasteiger partial charge in [-0.25, -0.2) is 12.7 Å². The Labute approximate surface area is 127 Å². The molecule has 0 aromatic heterocycles. The van der Waals surface area contributed by atoms with Crippen LogP contribution in [-0.2, 0) is 10.0 Å². The maximum Gasteiger partial charge on any atom is 0.244 e. The first-order valence-corrected chi connectivity index (χ1v) is 8.90. The Morgan fingerprint density at radius 1 is 1.14 bits per heavy atom. The summed E-state index contributed by atoms with van der Waals surface area (Å²) in [4.78, 5) is 0.312. The number of nitrogens with one attached hydrogen (secondary N) is 1. The number of para-hydroxylation sites is 1. The van der Waals surface area contributed by atoms with Gasteiger partial charge in [0.2, 0.25) is 10.0 Å². The summed E-state index contributed by atoms with van der Waals surface area (Å²) >= 11 is 0. The molecule has 1 aliphatic rings. The number of anilines is 1. The Hall–Kier alpha value is -1.11. The van der Waals surface area contributed by atoms with Crippen molar-refractivity contribution in [3.8, 4) is 0 Å². The molecule has 118 valence electrons. The third kappa shape index (κ3) is 3.75. The van der Waals surface area contributed by atoms with Crippen LogP contribution in [0.4, 0.5) is 5.69 Å². The van der Waals surface area contributed by atoms with Gasteiger partial charge in [-0.3, -0.25) is 0 Å². The molecule has 21 heavy (non-hydrogen) atoms. The lowest BCUT2D eigenvalue weighted by molar-refractivity contribution is 0.516. The lowest BCUT2D eigenvalue weighted by atomic mass is 10.0. The smallest absolute Gasteiger partial charge is 0.244 e. The lowest BCUT2D eigenvalue weighted by Crippen LogP contribution is -2.39. The largest absolute Gasteiger partial charge is 0.380 e. The number of sulfonamides is 1. The summed E-state index contributed by atoms with van der Waals surface area (Å²) in [5.41, 5.74) is 6.87. The standard InChI is InChI=1S/C15H25N3O2S/c1-18(2)21(19,20)15-11-7-6-10-14(15)17-13-9-5-3-4-8-12(13)16/h6-7,10-13,17H,3-5,8-9,16H2,1-2H3. The highest BCUT2D eigenvalue weighted by molar-refractivity contribution is 7.89. The van der Waals surface area contributed by atoms with Crippen molar-refractivity contribution in [3.05, 3.63) is 24.3 Å². The number of rotatable bonds is 4. The van der Waals surface area contributed by atoms with Gasteiger partial charge in [0, 0.05) is 26.2 Å². The van der Waals surface area contributed by atoms with Crippen LogP contribution in [0.3, 0.4) is 0 Å². The monoisotopic (exact) mass is 311 g/mol. The summed E-state index contributed by atoms with van der Waals surface area (Å²) in [6.45, 7) is 0. The Kier molecular flexibility index (Phi) is 5.24. The van der Waals surface area contributed by atoms with Gasteiger partial charge in [-0.1, -0.05) is 31.4 Å². The van der Waals surface area contributed by atoms with Crippen molar-refractivity contribution in [1.82, 2.24) is 4.31 Å². The first-order chi connectivity index (χ1) is 9.93. The molecule has 0 radical (unpaired) electrons. The Bertz CT molecular complexity index is 572. The molecule has 1 saturated carbocycles. The minimum absolute atomic E-state index is 0.0719. The van der Waals surface area contributed by atoms with E-state index >= 15 is 0 Å². The molecule has 0 aliphatic heterocycles. The molecule has 5 nitrogen and oxygen atoms in total. The first-order valence-electron chi connectivity index (χ1n) is 7.46. The summed E-state index contributed by atoms with van der Waals surface area (Å²) < 4.78 is 26.0. The van der Waals surface area contributed by atoms with E-state index < -0.39 is 10.0 Å². The van der Waals surface area contributed by atoms with Crippen molar-refractivity contribution >= 4 is 15.7 Å². The average Bonchev–Trinajstić information content (AvgIpc) is 2.64. The quantitative estimate of drug-likeness (QED) is 0.834. The van der Waals surface area contributed by atoms with E-state index in [9.17, 15) is 8.42 Å². The zero-order chi connectivity index (χ0) is 15.5. The van der Waals surface area contributed by atoms with E-state index in [2.05, 4.69) is 5.32 Å². The van der Waals surface area contributed by atoms with Crippen LogP contribution in [-0.4, -0.2) is 38.9 Å². The van der Waals surface area contributed by atoms with E-state index in [-0.39, 0.29) is 12.1 Å². The molecule has 1 aromatic carbocycles. The van der Waals surface area contributed by atoms with Crippen molar-refractivity contribution in [2.75, 3.05) is 19.4 Å². The van der Waals surface area contributed by atoms with Gasteiger partial charge in [0.05, 0.1) is 5.69 Å². The van der Waals surface area contributed by atoms with Crippen LogP contribution >= 0.6 is 0 Å². The van der Waals surface area contributed by atoms with Gasteiger partial charge in [-0.2, -0.15) is 0 Å². The summed E-state index contributed by atoms with van der Waals surface area (Å²) in [5, 5.41) is 3.37. The Morgan fingerprint density at radius 3 is 2.52 bits per heavy atom. The molecular weight excluding hydrogens is 286 g/mol. The summed E-state index contributed by atoms with van der Waals surface area (Å²) in [5.74, 6) is 0. The van der Waals surface area contributed by atoms with Gasteiger partial charge in [0.15, 0.2) is 0 Å². The zero-order valence-electron chi connectivity index (χ0n) is 12.7. The highest BCUT2D eigenvalue weighted by Gasteiger charge is 2.25.